The molecule has 0 atom stereocenters. The third-order valence-corrected chi connectivity index (χ3v) is 2.06. The van der Waals surface area contributed by atoms with Crippen LogP contribution in [0.5, 0.6) is 5.88 Å². The van der Waals surface area contributed by atoms with Gasteiger partial charge in [0.15, 0.2) is 5.65 Å². The molecule has 2 aromatic rings. The van der Waals surface area contributed by atoms with Crippen molar-refractivity contribution in [1.29, 1.82) is 0 Å². The molecule has 5 nitrogen and oxygen atoms in total. The summed E-state index contributed by atoms with van der Waals surface area (Å²) in [7, 11) is 0. The molecule has 0 unspecified atom stereocenters. The molecule has 0 spiro atoms. The molecule has 0 aliphatic heterocycles. The largest absolute Gasteiger partial charge is 0.493 e. The molecule has 5 heteroatoms. The summed E-state index contributed by atoms with van der Waals surface area (Å²) >= 11 is 0. The van der Waals surface area contributed by atoms with Crippen molar-refractivity contribution in [2.75, 3.05) is 0 Å². The Labute approximate surface area is 85.6 Å². The lowest BCUT2D eigenvalue weighted by molar-refractivity contribution is 0.0997. The first-order valence-electron chi connectivity index (χ1n) is 4.35. The lowest BCUT2D eigenvalue weighted by Gasteiger charge is -2.02. The molecular weight excluding hydrogens is 194 g/mol. The van der Waals surface area contributed by atoms with E-state index in [-0.39, 0.29) is 11.4 Å². The number of carbonyl (C=O) groups is 1. The predicted octanol–water partition coefficient (Wildman–Crippen LogP) is 0.743. The maximum absolute atomic E-state index is 10.9. The maximum atomic E-state index is 10.9. The summed E-state index contributed by atoms with van der Waals surface area (Å²) in [5.41, 5.74) is 6.28. The van der Waals surface area contributed by atoms with Crippen molar-refractivity contribution in [2.45, 2.75) is 6.92 Å². The second-order valence-electron chi connectivity index (χ2n) is 3.22. The van der Waals surface area contributed by atoms with Crippen molar-refractivity contribution in [3.8, 4) is 5.88 Å². The molecule has 2 heterocycles. The van der Waals surface area contributed by atoms with Crippen LogP contribution >= 0.6 is 0 Å². The van der Waals surface area contributed by atoms with Crippen molar-refractivity contribution >= 4 is 16.9 Å². The van der Waals surface area contributed by atoms with E-state index in [1.165, 1.54) is 6.07 Å². The third kappa shape index (κ3) is 1.59. The van der Waals surface area contributed by atoms with E-state index in [0.29, 0.717) is 11.0 Å². The molecule has 0 bridgehead atoms. The highest BCUT2D eigenvalue weighted by Gasteiger charge is 2.10. The van der Waals surface area contributed by atoms with Gasteiger partial charge in [-0.1, -0.05) is 0 Å². The quantitative estimate of drug-likeness (QED) is 0.715. The summed E-state index contributed by atoms with van der Waals surface area (Å²) < 4.78 is 0. The van der Waals surface area contributed by atoms with Gasteiger partial charge in [0.05, 0.1) is 0 Å². The van der Waals surface area contributed by atoms with Crippen LogP contribution in [0, 0.1) is 6.92 Å². The third-order valence-electron chi connectivity index (χ3n) is 2.06. The van der Waals surface area contributed by atoms with Gasteiger partial charge in [-0.2, -0.15) is 4.98 Å². The van der Waals surface area contributed by atoms with Gasteiger partial charge < -0.3 is 10.8 Å². The van der Waals surface area contributed by atoms with Crippen LogP contribution in [0.15, 0.2) is 18.2 Å². The fourth-order valence-corrected chi connectivity index (χ4v) is 1.32. The second-order valence-corrected chi connectivity index (χ2v) is 3.22. The molecule has 0 radical (unpaired) electrons. The van der Waals surface area contributed by atoms with E-state index < -0.39 is 5.91 Å². The van der Waals surface area contributed by atoms with E-state index in [4.69, 9.17) is 5.73 Å². The molecule has 0 aliphatic carbocycles. The van der Waals surface area contributed by atoms with Crippen molar-refractivity contribution < 1.29 is 9.90 Å². The SMILES string of the molecule is Cc1ccc2cc(C(N)=O)c(O)nc2n1. The zero-order valence-corrected chi connectivity index (χ0v) is 8.06. The molecule has 0 aromatic carbocycles. The summed E-state index contributed by atoms with van der Waals surface area (Å²) in [4.78, 5) is 18.8. The van der Waals surface area contributed by atoms with E-state index in [9.17, 15) is 9.90 Å². The van der Waals surface area contributed by atoms with E-state index in [1.54, 1.807) is 12.1 Å². The first-order valence-corrected chi connectivity index (χ1v) is 4.35. The number of aromatic hydroxyl groups is 1. The number of hydrogen-bond acceptors (Lipinski definition) is 4. The Kier molecular flexibility index (Phi) is 2.00. The monoisotopic (exact) mass is 203 g/mol. The van der Waals surface area contributed by atoms with Crippen LogP contribution in [0.4, 0.5) is 0 Å². The lowest BCUT2D eigenvalue weighted by atomic mass is 10.2. The Hall–Kier alpha value is -2.17. The van der Waals surface area contributed by atoms with Crippen molar-refractivity contribution in [3.05, 3.63) is 29.5 Å². The molecule has 2 rings (SSSR count). The highest BCUT2D eigenvalue weighted by Crippen LogP contribution is 2.19. The van der Waals surface area contributed by atoms with E-state index in [2.05, 4.69) is 9.97 Å². The van der Waals surface area contributed by atoms with Gasteiger partial charge in [-0.05, 0) is 25.1 Å². The molecule has 1 amide bonds. The van der Waals surface area contributed by atoms with Gasteiger partial charge in [-0.15, -0.1) is 0 Å². The number of aryl methyl sites for hydroxylation is 1. The van der Waals surface area contributed by atoms with Gasteiger partial charge in [0.1, 0.15) is 5.56 Å². The van der Waals surface area contributed by atoms with Gasteiger partial charge in [0.25, 0.3) is 5.91 Å². The highest BCUT2D eigenvalue weighted by molar-refractivity contribution is 5.98. The van der Waals surface area contributed by atoms with Gasteiger partial charge in [0.2, 0.25) is 5.88 Å². The van der Waals surface area contributed by atoms with Gasteiger partial charge in [0, 0.05) is 11.1 Å². The predicted molar refractivity (Wildman–Crippen MR) is 54.5 cm³/mol. The first kappa shape index (κ1) is 9.39. The molecule has 0 saturated carbocycles. The topological polar surface area (TPSA) is 89.1 Å². The standard InChI is InChI=1S/C10H9N3O2/c1-5-2-3-6-4-7(8(11)14)10(15)13-9(6)12-5/h2-4H,1H3,(H2,11,14)(H,12,13,15). The van der Waals surface area contributed by atoms with E-state index >= 15 is 0 Å². The number of primary amides is 1. The van der Waals surface area contributed by atoms with Crippen molar-refractivity contribution in [1.82, 2.24) is 9.97 Å². The minimum atomic E-state index is -0.706. The number of aromatic nitrogens is 2. The molecule has 0 aliphatic rings. The number of carbonyl (C=O) groups excluding carboxylic acids is 1. The summed E-state index contributed by atoms with van der Waals surface area (Å²) in [6.45, 7) is 1.82. The minimum Gasteiger partial charge on any atom is -0.493 e. The Bertz CT molecular complexity index is 552. The van der Waals surface area contributed by atoms with E-state index in [1.807, 2.05) is 6.92 Å². The average molecular weight is 203 g/mol. The van der Waals surface area contributed by atoms with Crippen LogP contribution < -0.4 is 5.73 Å². The molecule has 0 fully saturated rings. The number of pyridine rings is 2. The molecule has 15 heavy (non-hydrogen) atoms. The summed E-state index contributed by atoms with van der Waals surface area (Å²) in [5, 5.41) is 10.1. The minimum absolute atomic E-state index is 0.00755. The van der Waals surface area contributed by atoms with Crippen LogP contribution in [-0.2, 0) is 0 Å². The lowest BCUT2D eigenvalue weighted by Crippen LogP contribution is -2.11. The van der Waals surface area contributed by atoms with Crippen LogP contribution in [-0.4, -0.2) is 21.0 Å². The summed E-state index contributed by atoms with van der Waals surface area (Å²) in [6.07, 6.45) is 0. The smallest absolute Gasteiger partial charge is 0.254 e. The molecule has 3 N–H and O–H groups in total. The highest BCUT2D eigenvalue weighted by atomic mass is 16.3. The average Bonchev–Trinajstić information content (AvgIpc) is 2.15. The van der Waals surface area contributed by atoms with Crippen LogP contribution in [0.2, 0.25) is 0 Å². The Morgan fingerprint density at radius 2 is 2.13 bits per heavy atom. The Morgan fingerprint density at radius 1 is 1.40 bits per heavy atom. The van der Waals surface area contributed by atoms with E-state index in [0.717, 1.165) is 5.69 Å². The number of fused-ring (bicyclic) bond motifs is 1. The Balaban J connectivity index is 2.76. The number of hydrogen-bond donors (Lipinski definition) is 2. The van der Waals surface area contributed by atoms with Gasteiger partial charge >= 0.3 is 0 Å². The molecule has 76 valence electrons. The summed E-state index contributed by atoms with van der Waals surface area (Å²) in [6, 6.07) is 5.05. The second kappa shape index (κ2) is 3.20. The maximum Gasteiger partial charge on any atom is 0.254 e. The summed E-state index contributed by atoms with van der Waals surface area (Å²) in [5.74, 6) is -1.09. The van der Waals surface area contributed by atoms with Gasteiger partial charge in [-0.25, -0.2) is 4.98 Å². The fraction of sp³-hybridized carbons (Fsp3) is 0.100. The number of rotatable bonds is 1. The number of nitrogens with zero attached hydrogens (tertiary/aromatic N) is 2. The van der Waals surface area contributed by atoms with Crippen LogP contribution in [0.25, 0.3) is 11.0 Å². The van der Waals surface area contributed by atoms with Crippen molar-refractivity contribution in [3.63, 3.8) is 0 Å². The Morgan fingerprint density at radius 3 is 2.80 bits per heavy atom. The normalized spacial score (nSPS) is 10.5. The van der Waals surface area contributed by atoms with Crippen LogP contribution in [0.1, 0.15) is 16.1 Å². The van der Waals surface area contributed by atoms with Gasteiger partial charge in [-0.3, -0.25) is 4.79 Å². The molecule has 0 saturated heterocycles. The zero-order valence-electron chi connectivity index (χ0n) is 8.06. The number of amides is 1. The molecule has 2 aromatic heterocycles. The first-order chi connectivity index (χ1) is 7.08. The fourth-order valence-electron chi connectivity index (χ4n) is 1.32. The van der Waals surface area contributed by atoms with Crippen LogP contribution in [0.3, 0.4) is 0 Å². The molecular formula is C10H9N3O2. The zero-order chi connectivity index (χ0) is 11.0. The van der Waals surface area contributed by atoms with Crippen molar-refractivity contribution in [2.24, 2.45) is 5.73 Å². The number of nitrogens with two attached hydrogens (primary N) is 1.